The summed E-state index contributed by atoms with van der Waals surface area (Å²) in [6.07, 6.45) is 19.4. The summed E-state index contributed by atoms with van der Waals surface area (Å²) < 4.78 is 0. The molecule has 2 atom stereocenters. The number of carbonyl (C=O) groups is 2. The molecule has 0 spiro atoms. The molecule has 186 valence electrons. The topological polar surface area (TPSA) is 147 Å². The van der Waals surface area contributed by atoms with Crippen LogP contribution in [0.2, 0.25) is 0 Å². The molecule has 0 fully saturated rings. The summed E-state index contributed by atoms with van der Waals surface area (Å²) in [6.45, 7) is 2.86. The van der Waals surface area contributed by atoms with E-state index < -0.39 is 24.1 Å². The minimum atomic E-state index is -1.16. The van der Waals surface area contributed by atoms with Crippen LogP contribution in [0.25, 0.3) is 0 Å². The van der Waals surface area contributed by atoms with Gasteiger partial charge in [0.1, 0.15) is 6.04 Å². The first-order chi connectivity index (χ1) is 14.9. The lowest BCUT2D eigenvalue weighted by Gasteiger charge is -2.05. The number of hydrogen-bond donors (Lipinski definition) is 5. The van der Waals surface area contributed by atoms with Crippen molar-refractivity contribution >= 4 is 11.9 Å². The Morgan fingerprint density at radius 3 is 1.39 bits per heavy atom. The second-order valence-electron chi connectivity index (χ2n) is 8.47. The molecule has 0 radical (unpaired) electrons. The highest BCUT2D eigenvalue weighted by molar-refractivity contribution is 5.73. The maximum atomic E-state index is 10.4. The molecule has 31 heavy (non-hydrogen) atoms. The number of carboxylic acid groups (broad SMARTS) is 2. The maximum Gasteiger partial charge on any atom is 0.332 e. The van der Waals surface area contributed by atoms with Crippen LogP contribution in [0.15, 0.2) is 0 Å². The molecule has 0 saturated carbocycles. The summed E-state index contributed by atoms with van der Waals surface area (Å²) >= 11 is 0. The van der Waals surface area contributed by atoms with E-state index in [4.69, 9.17) is 26.8 Å². The lowest BCUT2D eigenvalue weighted by atomic mass is 10.0. The molecule has 0 saturated heterocycles. The lowest BCUT2D eigenvalue weighted by molar-refractivity contribution is -0.147. The van der Waals surface area contributed by atoms with Crippen LogP contribution in [0.3, 0.4) is 0 Å². The van der Waals surface area contributed by atoms with E-state index in [0.29, 0.717) is 19.4 Å². The number of rotatable bonds is 21. The molecule has 0 aliphatic carbocycles. The second kappa shape index (κ2) is 25.1. The van der Waals surface area contributed by atoms with Crippen molar-refractivity contribution in [3.8, 4) is 0 Å². The highest BCUT2D eigenvalue weighted by Gasteiger charge is 2.11. The van der Waals surface area contributed by atoms with Gasteiger partial charge in [0.05, 0.1) is 0 Å². The minimum absolute atomic E-state index is 0.396. The van der Waals surface area contributed by atoms with Gasteiger partial charge < -0.3 is 26.8 Å². The first-order valence-electron chi connectivity index (χ1n) is 12.5. The largest absolute Gasteiger partial charge is 0.480 e. The van der Waals surface area contributed by atoms with Gasteiger partial charge in [-0.2, -0.15) is 0 Å². The van der Waals surface area contributed by atoms with E-state index in [1.54, 1.807) is 0 Å². The Hall–Kier alpha value is -1.18. The van der Waals surface area contributed by atoms with Crippen LogP contribution in [-0.2, 0) is 9.59 Å². The predicted molar refractivity (Wildman–Crippen MR) is 127 cm³/mol. The third-order valence-corrected chi connectivity index (χ3v) is 5.40. The van der Waals surface area contributed by atoms with E-state index in [2.05, 4.69) is 6.92 Å². The number of unbranched alkanes of at least 4 members (excludes halogenated alkanes) is 14. The Labute approximate surface area is 190 Å². The highest BCUT2D eigenvalue weighted by atomic mass is 16.4. The van der Waals surface area contributed by atoms with Gasteiger partial charge in [-0.1, -0.05) is 103 Å². The Morgan fingerprint density at radius 1 is 0.645 bits per heavy atom. The molecule has 0 aliphatic heterocycles. The third-order valence-electron chi connectivity index (χ3n) is 5.40. The highest BCUT2D eigenvalue weighted by Crippen LogP contribution is 2.13. The van der Waals surface area contributed by atoms with Crippen LogP contribution in [0, 0.1) is 0 Å². The van der Waals surface area contributed by atoms with E-state index in [-0.39, 0.29) is 0 Å². The van der Waals surface area contributed by atoms with E-state index in [9.17, 15) is 9.59 Å². The molecule has 1 unspecified atom stereocenters. The molecule has 0 rings (SSSR count). The number of hydrogen-bond acceptors (Lipinski definition) is 5. The zero-order valence-electron chi connectivity index (χ0n) is 19.9. The van der Waals surface area contributed by atoms with Crippen LogP contribution in [0.1, 0.15) is 122 Å². The van der Waals surface area contributed by atoms with Crippen molar-refractivity contribution in [3.63, 3.8) is 0 Å². The van der Waals surface area contributed by atoms with Crippen LogP contribution >= 0.6 is 0 Å². The van der Waals surface area contributed by atoms with Gasteiger partial charge in [0.15, 0.2) is 6.10 Å². The first-order valence-corrected chi connectivity index (χ1v) is 12.5. The van der Waals surface area contributed by atoms with E-state index >= 15 is 0 Å². The molecule has 0 bridgehead atoms. The average Bonchev–Trinajstić information content (AvgIpc) is 2.74. The van der Waals surface area contributed by atoms with Gasteiger partial charge in [-0.15, -0.1) is 0 Å². The molecule has 0 aromatic rings. The van der Waals surface area contributed by atoms with Crippen LogP contribution in [-0.4, -0.2) is 45.9 Å². The number of aliphatic hydroxyl groups is 1. The summed E-state index contributed by atoms with van der Waals surface area (Å²) in [5.41, 5.74) is 10.4. The van der Waals surface area contributed by atoms with Gasteiger partial charge >= 0.3 is 11.9 Å². The fourth-order valence-corrected chi connectivity index (χ4v) is 3.29. The van der Waals surface area contributed by atoms with Gasteiger partial charge in [-0.05, 0) is 25.8 Å². The molecular formula is C24H50N2O5. The molecule has 0 aromatic carbocycles. The normalized spacial score (nSPS) is 12.6. The smallest absolute Gasteiger partial charge is 0.332 e. The Morgan fingerprint density at radius 2 is 1.03 bits per heavy atom. The predicted octanol–water partition coefficient (Wildman–Crippen LogP) is 4.83. The van der Waals surface area contributed by atoms with Gasteiger partial charge in [0.25, 0.3) is 0 Å². The van der Waals surface area contributed by atoms with Crippen LogP contribution in [0.4, 0.5) is 0 Å². The summed E-state index contributed by atoms with van der Waals surface area (Å²) in [5, 5.41) is 26.0. The molecule has 7 heteroatoms. The Balaban J connectivity index is 0. The number of carboxylic acids is 2. The third kappa shape index (κ3) is 26.8. The van der Waals surface area contributed by atoms with Crippen molar-refractivity contribution in [2.75, 3.05) is 6.54 Å². The fraction of sp³-hybridized carbons (Fsp3) is 0.917. The summed E-state index contributed by atoms with van der Waals surface area (Å²) in [6, 6.07) is -0.716. The zero-order valence-corrected chi connectivity index (χ0v) is 19.9. The van der Waals surface area contributed by atoms with Crippen molar-refractivity contribution in [2.24, 2.45) is 11.5 Å². The van der Waals surface area contributed by atoms with Crippen molar-refractivity contribution in [1.29, 1.82) is 0 Å². The molecule has 0 heterocycles. The Bertz CT molecular complexity index is 407. The van der Waals surface area contributed by atoms with Crippen molar-refractivity contribution in [2.45, 2.75) is 135 Å². The quantitative estimate of drug-likeness (QED) is 0.159. The minimum Gasteiger partial charge on any atom is -0.480 e. The molecule has 0 amide bonds. The lowest BCUT2D eigenvalue weighted by Crippen LogP contribution is -2.29. The van der Waals surface area contributed by atoms with E-state index in [0.717, 1.165) is 25.7 Å². The molecule has 0 aliphatic rings. The van der Waals surface area contributed by atoms with Crippen molar-refractivity contribution in [1.82, 2.24) is 0 Å². The summed E-state index contributed by atoms with van der Waals surface area (Å²) in [7, 11) is 0. The molecule has 7 nitrogen and oxygen atoms in total. The zero-order chi connectivity index (χ0) is 23.7. The van der Waals surface area contributed by atoms with Gasteiger partial charge in [-0.3, -0.25) is 4.79 Å². The van der Waals surface area contributed by atoms with E-state index in [1.165, 1.54) is 77.0 Å². The average molecular weight is 447 g/mol. The number of aliphatic hydroxyl groups excluding tert-OH is 1. The van der Waals surface area contributed by atoms with Gasteiger partial charge in [-0.25, -0.2) is 4.79 Å². The summed E-state index contributed by atoms with van der Waals surface area (Å²) in [5.74, 6) is -2.03. The molecular weight excluding hydrogens is 396 g/mol. The first kappa shape index (κ1) is 32.0. The number of aliphatic carboxylic acids is 2. The molecule has 0 aromatic heterocycles. The van der Waals surface area contributed by atoms with E-state index in [1.807, 2.05) is 0 Å². The fourth-order valence-electron chi connectivity index (χ4n) is 3.29. The second-order valence-corrected chi connectivity index (χ2v) is 8.47. The monoisotopic (exact) mass is 446 g/mol. The molecule has 7 N–H and O–H groups in total. The number of nitrogens with two attached hydrogens (primary N) is 2. The SMILES string of the molecule is CCCCCCCCCCCCCCCCC(O)C(=O)O.NCCCC[C@H](N)C(=O)O. The maximum absolute atomic E-state index is 10.4. The standard InChI is InChI=1S/C18H36O3.C6H14N2O2/c1-2-3-4-5-6-7-8-9-10-11-12-13-14-15-16-17(19)18(20)21;7-4-2-1-3-5(8)6(9)10/h17,19H,2-16H2,1H3,(H,20,21);5H,1-4,7-8H2,(H,9,10)/t;5-/m.0/s1. The van der Waals surface area contributed by atoms with Gasteiger partial charge in [0, 0.05) is 0 Å². The van der Waals surface area contributed by atoms with Crippen LogP contribution in [0.5, 0.6) is 0 Å². The summed E-state index contributed by atoms with van der Waals surface area (Å²) in [4.78, 5) is 20.6. The van der Waals surface area contributed by atoms with Crippen LogP contribution < -0.4 is 11.5 Å². The van der Waals surface area contributed by atoms with Crippen molar-refractivity contribution < 1.29 is 24.9 Å². The Kier molecular flexibility index (Phi) is 25.9. The van der Waals surface area contributed by atoms with Gasteiger partial charge in [0.2, 0.25) is 0 Å². The van der Waals surface area contributed by atoms with Crippen molar-refractivity contribution in [3.05, 3.63) is 0 Å².